The molecule has 9 heteroatoms. The number of hydrogen-bond acceptors (Lipinski definition) is 6. The normalized spacial score (nSPS) is 20.9. The van der Waals surface area contributed by atoms with Gasteiger partial charge in [0.1, 0.15) is 17.2 Å². The molecule has 0 aromatic carbocycles. The van der Waals surface area contributed by atoms with Crippen LogP contribution < -0.4 is 5.73 Å². The molecule has 1 aliphatic rings. The van der Waals surface area contributed by atoms with Gasteiger partial charge in [0.15, 0.2) is 9.84 Å². The van der Waals surface area contributed by atoms with Crippen molar-refractivity contribution in [3.05, 3.63) is 11.8 Å². The third-order valence-electron chi connectivity index (χ3n) is 3.76. The van der Waals surface area contributed by atoms with Gasteiger partial charge in [-0.25, -0.2) is 13.1 Å². The van der Waals surface area contributed by atoms with Gasteiger partial charge in [-0.1, -0.05) is 13.3 Å². The maximum Gasteiger partial charge on any atom is 0.152 e. The molecule has 0 bridgehead atoms. The van der Waals surface area contributed by atoms with Crippen LogP contribution in [0.4, 0.5) is 5.82 Å². The highest BCUT2D eigenvalue weighted by Crippen LogP contribution is 2.32. The number of anilines is 1. The van der Waals surface area contributed by atoms with Crippen LogP contribution in [0, 0.1) is 0 Å². The van der Waals surface area contributed by atoms with Crippen molar-refractivity contribution in [3.8, 4) is 11.4 Å². The van der Waals surface area contributed by atoms with Crippen LogP contribution in [-0.4, -0.2) is 45.1 Å². The summed E-state index contributed by atoms with van der Waals surface area (Å²) < 4.78 is 25.0. The summed E-state index contributed by atoms with van der Waals surface area (Å²) in [5.74, 6) is 0.833. The molecular formula is C12H18N6O2S. The van der Waals surface area contributed by atoms with Crippen LogP contribution >= 0.6 is 0 Å². The van der Waals surface area contributed by atoms with E-state index >= 15 is 0 Å². The molecule has 1 saturated heterocycles. The van der Waals surface area contributed by atoms with Gasteiger partial charge in [-0.05, 0) is 12.8 Å². The average molecular weight is 310 g/mol. The zero-order valence-electron chi connectivity index (χ0n) is 11.8. The van der Waals surface area contributed by atoms with E-state index < -0.39 is 9.84 Å². The molecule has 114 valence electrons. The molecule has 3 rings (SSSR count). The molecule has 8 nitrogen and oxygen atoms in total. The fraction of sp³-hybridized carbons (Fsp3) is 0.583. The highest BCUT2D eigenvalue weighted by atomic mass is 32.2. The molecule has 0 saturated carbocycles. The standard InChI is InChI=1S/C12H18N6O2S/c1-2-3-9-11(10-6-14-17-15-10)16-18(12(9)13)8-4-5-21(19,20)7-8/h6,8H,2-5,7,13H2,1H3,(H,14,15,17). The second kappa shape index (κ2) is 5.14. The number of hydrogen-bond donors (Lipinski definition) is 2. The van der Waals surface area contributed by atoms with Crippen LogP contribution in [0.2, 0.25) is 0 Å². The summed E-state index contributed by atoms with van der Waals surface area (Å²) in [5, 5.41) is 14.9. The van der Waals surface area contributed by atoms with E-state index in [2.05, 4.69) is 27.4 Å². The second-order valence-electron chi connectivity index (χ2n) is 5.32. The number of rotatable bonds is 4. The molecule has 0 radical (unpaired) electrons. The molecule has 2 aromatic heterocycles. The molecule has 1 unspecified atom stereocenters. The van der Waals surface area contributed by atoms with E-state index in [4.69, 9.17) is 5.73 Å². The molecule has 0 aliphatic carbocycles. The Labute approximate surface area is 122 Å². The predicted molar refractivity (Wildman–Crippen MR) is 78.3 cm³/mol. The van der Waals surface area contributed by atoms with Crippen LogP contribution in [-0.2, 0) is 16.3 Å². The third kappa shape index (κ3) is 2.53. The van der Waals surface area contributed by atoms with Crippen molar-refractivity contribution in [1.29, 1.82) is 0 Å². The Kier molecular flexibility index (Phi) is 3.44. The van der Waals surface area contributed by atoms with Crippen LogP contribution in [0.1, 0.15) is 31.4 Å². The SMILES string of the molecule is CCCc1c(-c2cn[nH]n2)nn(C2CCS(=O)(=O)C2)c1N. The van der Waals surface area contributed by atoms with Crippen LogP contribution in [0.5, 0.6) is 0 Å². The number of nitrogens with two attached hydrogens (primary N) is 1. The summed E-state index contributed by atoms with van der Waals surface area (Å²) in [4.78, 5) is 0. The maximum absolute atomic E-state index is 11.7. The number of sulfone groups is 1. The lowest BCUT2D eigenvalue weighted by atomic mass is 10.1. The van der Waals surface area contributed by atoms with Crippen molar-refractivity contribution < 1.29 is 8.42 Å². The lowest BCUT2D eigenvalue weighted by Gasteiger charge is -2.10. The molecule has 0 spiro atoms. The molecule has 3 heterocycles. The van der Waals surface area contributed by atoms with Gasteiger partial charge in [-0.15, -0.1) is 0 Å². The fourth-order valence-corrected chi connectivity index (χ4v) is 4.44. The molecule has 1 fully saturated rings. The van der Waals surface area contributed by atoms with Crippen molar-refractivity contribution >= 4 is 15.7 Å². The molecule has 1 atom stereocenters. The monoisotopic (exact) mass is 310 g/mol. The minimum absolute atomic E-state index is 0.0999. The van der Waals surface area contributed by atoms with E-state index in [0.29, 0.717) is 23.6 Å². The van der Waals surface area contributed by atoms with Gasteiger partial charge in [0.25, 0.3) is 0 Å². The molecule has 1 aliphatic heterocycles. The minimum atomic E-state index is -2.98. The molecule has 21 heavy (non-hydrogen) atoms. The van der Waals surface area contributed by atoms with E-state index in [1.807, 2.05) is 0 Å². The zero-order valence-corrected chi connectivity index (χ0v) is 12.6. The molecule has 3 N–H and O–H groups in total. The predicted octanol–water partition coefficient (Wildman–Crippen LogP) is 0.562. The van der Waals surface area contributed by atoms with Crippen molar-refractivity contribution in [1.82, 2.24) is 25.2 Å². The number of H-pyrrole nitrogens is 1. The summed E-state index contributed by atoms with van der Waals surface area (Å²) in [5.41, 5.74) is 8.44. The Morgan fingerprint density at radius 3 is 2.90 bits per heavy atom. The van der Waals surface area contributed by atoms with Crippen molar-refractivity contribution in [2.24, 2.45) is 0 Å². The van der Waals surface area contributed by atoms with Gasteiger partial charge in [0.2, 0.25) is 0 Å². The first-order valence-electron chi connectivity index (χ1n) is 6.95. The lowest BCUT2D eigenvalue weighted by molar-refractivity contribution is 0.507. The number of nitrogen functional groups attached to an aromatic ring is 1. The van der Waals surface area contributed by atoms with E-state index in [1.165, 1.54) is 0 Å². The molecule has 2 aromatic rings. The van der Waals surface area contributed by atoms with E-state index in [9.17, 15) is 8.42 Å². The number of aromatic amines is 1. The topological polar surface area (TPSA) is 120 Å². The van der Waals surface area contributed by atoms with Gasteiger partial charge in [-0.3, -0.25) is 0 Å². The Balaban J connectivity index is 2.04. The smallest absolute Gasteiger partial charge is 0.152 e. The van der Waals surface area contributed by atoms with Crippen LogP contribution in [0.3, 0.4) is 0 Å². The summed E-state index contributed by atoms with van der Waals surface area (Å²) in [6, 6.07) is -0.189. The Hall–Kier alpha value is -1.90. The first kappa shape index (κ1) is 14.1. The van der Waals surface area contributed by atoms with Gasteiger partial charge < -0.3 is 5.73 Å². The van der Waals surface area contributed by atoms with E-state index in [1.54, 1.807) is 10.9 Å². The maximum atomic E-state index is 11.7. The van der Waals surface area contributed by atoms with Gasteiger partial charge in [0.05, 0.1) is 23.7 Å². The summed E-state index contributed by atoms with van der Waals surface area (Å²) in [6.07, 6.45) is 3.84. The summed E-state index contributed by atoms with van der Waals surface area (Å²) >= 11 is 0. The fourth-order valence-electron chi connectivity index (χ4n) is 2.75. The number of aromatic nitrogens is 5. The Morgan fingerprint density at radius 2 is 2.33 bits per heavy atom. The minimum Gasteiger partial charge on any atom is -0.384 e. The van der Waals surface area contributed by atoms with Crippen molar-refractivity contribution in [2.45, 2.75) is 32.2 Å². The number of nitrogens with one attached hydrogen (secondary N) is 1. The van der Waals surface area contributed by atoms with Crippen molar-refractivity contribution in [2.75, 3.05) is 17.2 Å². The average Bonchev–Trinajstić information content (AvgIpc) is 3.12. The van der Waals surface area contributed by atoms with E-state index in [-0.39, 0.29) is 17.5 Å². The lowest BCUT2D eigenvalue weighted by Crippen LogP contribution is -2.15. The summed E-state index contributed by atoms with van der Waals surface area (Å²) in [6.45, 7) is 2.06. The first-order chi connectivity index (χ1) is 10.0. The van der Waals surface area contributed by atoms with Gasteiger partial charge in [-0.2, -0.15) is 20.5 Å². The second-order valence-corrected chi connectivity index (χ2v) is 7.55. The van der Waals surface area contributed by atoms with E-state index in [0.717, 1.165) is 18.4 Å². The van der Waals surface area contributed by atoms with Crippen LogP contribution in [0.15, 0.2) is 6.20 Å². The number of nitrogens with zero attached hydrogens (tertiary/aromatic N) is 4. The van der Waals surface area contributed by atoms with Crippen molar-refractivity contribution in [3.63, 3.8) is 0 Å². The van der Waals surface area contributed by atoms with Gasteiger partial charge in [0, 0.05) is 5.56 Å². The quantitative estimate of drug-likeness (QED) is 0.851. The molecule has 0 amide bonds. The zero-order chi connectivity index (χ0) is 15.0. The third-order valence-corrected chi connectivity index (χ3v) is 5.51. The highest BCUT2D eigenvalue weighted by Gasteiger charge is 2.32. The van der Waals surface area contributed by atoms with Crippen LogP contribution in [0.25, 0.3) is 11.4 Å². The summed E-state index contributed by atoms with van der Waals surface area (Å²) in [7, 11) is -2.98. The Morgan fingerprint density at radius 1 is 1.52 bits per heavy atom. The highest BCUT2D eigenvalue weighted by molar-refractivity contribution is 7.91. The molecular weight excluding hydrogens is 292 g/mol. The Bertz CT molecular complexity index is 734. The first-order valence-corrected chi connectivity index (χ1v) is 8.77. The van der Waals surface area contributed by atoms with Gasteiger partial charge >= 0.3 is 0 Å². The largest absolute Gasteiger partial charge is 0.384 e.